The molecule has 3 aromatic rings. The van der Waals surface area contributed by atoms with Crippen molar-refractivity contribution in [3.8, 4) is 22.7 Å². The summed E-state index contributed by atoms with van der Waals surface area (Å²) in [4.78, 5) is 12.3. The van der Waals surface area contributed by atoms with Crippen LogP contribution in [0.1, 0.15) is 60.6 Å². The molecule has 4 rings (SSSR count). The number of benzene rings is 2. The van der Waals surface area contributed by atoms with E-state index in [-0.39, 0.29) is 5.97 Å². The molecule has 2 aromatic carbocycles. The maximum Gasteiger partial charge on any atom is 0.338 e. The number of rotatable bonds is 7. The third kappa shape index (κ3) is 4.90. The van der Waals surface area contributed by atoms with Crippen LogP contribution in [-0.4, -0.2) is 23.8 Å². The van der Waals surface area contributed by atoms with Crippen LogP contribution in [0.5, 0.6) is 5.75 Å². The molecule has 1 fully saturated rings. The smallest absolute Gasteiger partial charge is 0.338 e. The Labute approximate surface area is 191 Å². The molecule has 1 aromatic heterocycles. The van der Waals surface area contributed by atoms with E-state index in [1.54, 1.807) is 6.07 Å². The summed E-state index contributed by atoms with van der Waals surface area (Å²) < 4.78 is 13.8. The zero-order valence-corrected chi connectivity index (χ0v) is 19.4. The van der Waals surface area contributed by atoms with Crippen LogP contribution in [0, 0.1) is 19.8 Å². The minimum absolute atomic E-state index is 0.298. The summed E-state index contributed by atoms with van der Waals surface area (Å²) >= 11 is 0. The number of ether oxygens (including phenoxy) is 2. The van der Waals surface area contributed by atoms with E-state index in [2.05, 4.69) is 48.7 Å². The summed E-state index contributed by atoms with van der Waals surface area (Å²) in [5.41, 5.74) is 5.92. The average Bonchev–Trinajstić information content (AvgIpc) is 3.20. The van der Waals surface area contributed by atoms with Crippen molar-refractivity contribution >= 4 is 5.97 Å². The number of nitrogens with zero attached hydrogens (tertiary/aromatic N) is 1. The largest absolute Gasteiger partial charge is 0.493 e. The molecule has 1 heterocycles. The lowest BCUT2D eigenvalue weighted by Crippen LogP contribution is -2.15. The second-order valence-corrected chi connectivity index (χ2v) is 8.78. The number of carbonyl (C=O) groups excluding carboxylic acids is 1. The Kier molecular flexibility index (Phi) is 6.99. The van der Waals surface area contributed by atoms with Crippen molar-refractivity contribution in [3.63, 3.8) is 0 Å². The summed E-state index contributed by atoms with van der Waals surface area (Å²) in [6.07, 6.45) is 6.50. The quantitative estimate of drug-likeness (QED) is 0.382. The minimum Gasteiger partial charge on any atom is -0.493 e. The highest BCUT2D eigenvalue weighted by Gasteiger charge is 2.18. The van der Waals surface area contributed by atoms with Crippen molar-refractivity contribution in [1.29, 1.82) is 0 Å². The van der Waals surface area contributed by atoms with Crippen molar-refractivity contribution in [2.75, 3.05) is 13.2 Å². The summed E-state index contributed by atoms with van der Waals surface area (Å²) in [6.45, 7) is 7.15. The molecule has 0 amide bonds. The Hall–Kier alpha value is -3.01. The van der Waals surface area contributed by atoms with Gasteiger partial charge in [0, 0.05) is 16.9 Å². The highest BCUT2D eigenvalue weighted by Crippen LogP contribution is 2.35. The number of esters is 1. The lowest BCUT2D eigenvalue weighted by Gasteiger charge is -2.23. The van der Waals surface area contributed by atoms with E-state index in [0.717, 1.165) is 35.0 Å². The first-order chi connectivity index (χ1) is 15.6. The van der Waals surface area contributed by atoms with Crippen LogP contribution in [0.15, 0.2) is 54.6 Å². The molecule has 1 aliphatic carbocycles. The van der Waals surface area contributed by atoms with E-state index in [9.17, 15) is 4.79 Å². The molecule has 1 saturated carbocycles. The normalized spacial score (nSPS) is 14.3. The lowest BCUT2D eigenvalue weighted by atomic mass is 9.90. The van der Waals surface area contributed by atoms with Crippen LogP contribution < -0.4 is 4.74 Å². The molecule has 0 saturated heterocycles. The summed E-state index contributed by atoms with van der Waals surface area (Å²) in [7, 11) is 0. The first kappa shape index (κ1) is 22.2. The standard InChI is InChI=1S/C28H33NO3/c1-4-31-28(30)23-11-8-12-24(18-23)29-21(3)14-15-26(29)25-17-20(2)13-16-27(25)32-19-22-9-6-5-7-10-22/h8,11-18,22H,4-7,9-10,19H2,1-3H3. The van der Waals surface area contributed by atoms with Gasteiger partial charge in [0.25, 0.3) is 0 Å². The Balaban J connectivity index is 1.69. The van der Waals surface area contributed by atoms with Gasteiger partial charge < -0.3 is 14.0 Å². The molecule has 32 heavy (non-hydrogen) atoms. The van der Waals surface area contributed by atoms with E-state index < -0.39 is 0 Å². The predicted octanol–water partition coefficient (Wildman–Crippen LogP) is 6.90. The van der Waals surface area contributed by atoms with Gasteiger partial charge >= 0.3 is 5.97 Å². The van der Waals surface area contributed by atoms with Crippen LogP contribution in [0.25, 0.3) is 16.9 Å². The third-order valence-corrected chi connectivity index (χ3v) is 6.30. The van der Waals surface area contributed by atoms with Gasteiger partial charge in [0.1, 0.15) is 5.75 Å². The zero-order valence-electron chi connectivity index (χ0n) is 19.4. The van der Waals surface area contributed by atoms with Crippen molar-refractivity contribution in [1.82, 2.24) is 4.57 Å². The van der Waals surface area contributed by atoms with Crippen molar-refractivity contribution in [2.24, 2.45) is 5.92 Å². The molecule has 0 spiro atoms. The van der Waals surface area contributed by atoms with Gasteiger partial charge in [-0.25, -0.2) is 4.79 Å². The number of carbonyl (C=O) groups is 1. The van der Waals surface area contributed by atoms with Crippen LogP contribution in [0.2, 0.25) is 0 Å². The molecule has 0 aliphatic heterocycles. The van der Waals surface area contributed by atoms with Gasteiger partial charge in [-0.3, -0.25) is 0 Å². The molecule has 0 unspecified atom stereocenters. The topological polar surface area (TPSA) is 40.5 Å². The van der Waals surface area contributed by atoms with Crippen LogP contribution in [0.4, 0.5) is 0 Å². The van der Waals surface area contributed by atoms with Gasteiger partial charge in [-0.2, -0.15) is 0 Å². The molecule has 4 nitrogen and oxygen atoms in total. The second kappa shape index (κ2) is 10.1. The maximum atomic E-state index is 12.3. The Morgan fingerprint density at radius 1 is 1.00 bits per heavy atom. The summed E-state index contributed by atoms with van der Waals surface area (Å²) in [5.74, 6) is 1.27. The molecule has 0 bridgehead atoms. The van der Waals surface area contributed by atoms with Gasteiger partial charge in [-0.05, 0) is 82.0 Å². The second-order valence-electron chi connectivity index (χ2n) is 8.78. The number of hydrogen-bond acceptors (Lipinski definition) is 3. The van der Waals surface area contributed by atoms with Gasteiger partial charge in [0.15, 0.2) is 0 Å². The Morgan fingerprint density at radius 2 is 1.81 bits per heavy atom. The predicted molar refractivity (Wildman–Crippen MR) is 129 cm³/mol. The number of aromatic nitrogens is 1. The van der Waals surface area contributed by atoms with Crippen LogP contribution in [-0.2, 0) is 4.74 Å². The molecule has 0 atom stereocenters. The monoisotopic (exact) mass is 431 g/mol. The van der Waals surface area contributed by atoms with Crippen LogP contribution >= 0.6 is 0 Å². The van der Waals surface area contributed by atoms with E-state index in [4.69, 9.17) is 9.47 Å². The molecular formula is C28H33NO3. The molecule has 4 heteroatoms. The SMILES string of the molecule is CCOC(=O)c1cccc(-n2c(C)ccc2-c2cc(C)ccc2OCC2CCCCC2)c1. The molecule has 168 valence electrons. The van der Waals surface area contributed by atoms with Crippen LogP contribution in [0.3, 0.4) is 0 Å². The first-order valence-corrected chi connectivity index (χ1v) is 11.8. The number of hydrogen-bond donors (Lipinski definition) is 0. The summed E-state index contributed by atoms with van der Waals surface area (Å²) in [5, 5.41) is 0. The van der Waals surface area contributed by atoms with E-state index >= 15 is 0 Å². The molecule has 0 radical (unpaired) electrons. The fraction of sp³-hybridized carbons (Fsp3) is 0.393. The van der Waals surface area contributed by atoms with E-state index in [0.29, 0.717) is 18.1 Å². The first-order valence-electron chi connectivity index (χ1n) is 11.8. The van der Waals surface area contributed by atoms with Crippen molar-refractivity contribution in [2.45, 2.75) is 52.9 Å². The Morgan fingerprint density at radius 3 is 2.59 bits per heavy atom. The van der Waals surface area contributed by atoms with E-state index in [1.165, 1.54) is 37.7 Å². The molecular weight excluding hydrogens is 398 g/mol. The lowest BCUT2D eigenvalue weighted by molar-refractivity contribution is 0.0526. The van der Waals surface area contributed by atoms with Gasteiger partial charge in [0.05, 0.1) is 24.5 Å². The maximum absolute atomic E-state index is 12.3. The van der Waals surface area contributed by atoms with Gasteiger partial charge in [-0.1, -0.05) is 37.0 Å². The fourth-order valence-corrected chi connectivity index (χ4v) is 4.61. The molecule has 0 N–H and O–H groups in total. The summed E-state index contributed by atoms with van der Waals surface area (Å²) in [6, 6.07) is 18.3. The van der Waals surface area contributed by atoms with Gasteiger partial charge in [-0.15, -0.1) is 0 Å². The Bertz CT molecular complexity index is 1080. The van der Waals surface area contributed by atoms with Crippen molar-refractivity contribution in [3.05, 3.63) is 71.4 Å². The van der Waals surface area contributed by atoms with Gasteiger partial charge in [0.2, 0.25) is 0 Å². The minimum atomic E-state index is -0.298. The highest BCUT2D eigenvalue weighted by molar-refractivity contribution is 5.90. The third-order valence-electron chi connectivity index (χ3n) is 6.30. The molecule has 1 aliphatic rings. The average molecular weight is 432 g/mol. The zero-order chi connectivity index (χ0) is 22.5. The fourth-order valence-electron chi connectivity index (χ4n) is 4.61. The number of aryl methyl sites for hydroxylation is 2. The highest BCUT2D eigenvalue weighted by atomic mass is 16.5. The van der Waals surface area contributed by atoms with E-state index in [1.807, 2.05) is 25.1 Å². The van der Waals surface area contributed by atoms with Crippen molar-refractivity contribution < 1.29 is 14.3 Å².